The number of urea groups is 1. The summed E-state index contributed by atoms with van der Waals surface area (Å²) in [5.74, 6) is -1.02. The molecule has 0 aliphatic carbocycles. The average Bonchev–Trinajstić information content (AvgIpc) is 2.48. The fourth-order valence-corrected chi connectivity index (χ4v) is 2.04. The van der Waals surface area contributed by atoms with E-state index in [0.29, 0.717) is 5.75 Å². The van der Waals surface area contributed by atoms with Gasteiger partial charge in [-0.25, -0.2) is 13.6 Å². The lowest BCUT2D eigenvalue weighted by molar-refractivity contribution is 0.247. The van der Waals surface area contributed by atoms with Crippen molar-refractivity contribution in [2.24, 2.45) is 0 Å². The van der Waals surface area contributed by atoms with Crippen LogP contribution in [-0.2, 0) is 0 Å². The number of carbonyl (C=O) groups is 1. The van der Waals surface area contributed by atoms with Gasteiger partial charge in [0.05, 0.1) is 6.54 Å². The van der Waals surface area contributed by atoms with Crippen molar-refractivity contribution in [1.82, 2.24) is 5.32 Å². The van der Waals surface area contributed by atoms with Crippen molar-refractivity contribution in [3.63, 3.8) is 0 Å². The summed E-state index contributed by atoms with van der Waals surface area (Å²) in [5, 5.41) is 4.57. The smallest absolute Gasteiger partial charge is 0.319 e. The Bertz CT molecular complexity index is 647. The second-order valence-corrected chi connectivity index (χ2v) is 5.20. The predicted octanol–water partition coefficient (Wildman–Crippen LogP) is 3.93. The zero-order chi connectivity index (χ0) is 15.9. The molecule has 0 atom stereocenters. The number of rotatable bonds is 5. The van der Waals surface area contributed by atoms with E-state index in [4.69, 9.17) is 4.74 Å². The summed E-state index contributed by atoms with van der Waals surface area (Å²) in [6.45, 7) is 0.415. The summed E-state index contributed by atoms with van der Waals surface area (Å²) in [5.41, 5.74) is -0.479. The zero-order valence-corrected chi connectivity index (χ0v) is 13.0. The lowest BCUT2D eigenvalue weighted by Gasteiger charge is -2.10. The second-order valence-electron chi connectivity index (χ2n) is 4.28. The van der Waals surface area contributed by atoms with Crippen molar-refractivity contribution in [1.29, 1.82) is 0 Å². The number of carbonyl (C=O) groups excluding carboxylic acids is 1. The molecule has 0 unspecified atom stereocenters. The summed E-state index contributed by atoms with van der Waals surface area (Å²) < 4.78 is 33.0. The van der Waals surface area contributed by atoms with Crippen LogP contribution in [0.1, 0.15) is 0 Å². The number of hydrogen-bond acceptors (Lipinski definition) is 2. The Labute approximate surface area is 134 Å². The van der Waals surface area contributed by atoms with E-state index in [1.165, 1.54) is 6.07 Å². The van der Waals surface area contributed by atoms with Crippen LogP contribution >= 0.6 is 15.9 Å². The molecular weight excluding hydrogens is 358 g/mol. The van der Waals surface area contributed by atoms with Gasteiger partial charge in [-0.3, -0.25) is 0 Å². The topological polar surface area (TPSA) is 50.4 Å². The first kappa shape index (κ1) is 16.2. The lowest BCUT2D eigenvalue weighted by atomic mass is 10.3. The van der Waals surface area contributed by atoms with E-state index in [1.54, 1.807) is 12.1 Å². The Morgan fingerprint density at radius 3 is 2.50 bits per heavy atom. The normalized spacial score (nSPS) is 10.1. The van der Waals surface area contributed by atoms with Gasteiger partial charge in [0.15, 0.2) is 0 Å². The molecule has 0 spiro atoms. The Hall–Kier alpha value is -2.15. The summed E-state index contributed by atoms with van der Waals surface area (Å²) in [4.78, 5) is 11.6. The van der Waals surface area contributed by atoms with Crippen LogP contribution in [0.15, 0.2) is 46.9 Å². The zero-order valence-electron chi connectivity index (χ0n) is 11.4. The number of hydrogen-bond donors (Lipinski definition) is 2. The molecule has 2 rings (SSSR count). The minimum Gasteiger partial charge on any atom is -0.492 e. The van der Waals surface area contributed by atoms with Crippen molar-refractivity contribution >= 4 is 27.6 Å². The number of nitrogens with one attached hydrogen (secondary N) is 2. The molecule has 2 N–H and O–H groups in total. The van der Waals surface area contributed by atoms with Crippen LogP contribution < -0.4 is 15.4 Å². The van der Waals surface area contributed by atoms with Gasteiger partial charge in [-0.05, 0) is 30.3 Å². The van der Waals surface area contributed by atoms with E-state index in [2.05, 4.69) is 26.6 Å². The molecule has 4 nitrogen and oxygen atoms in total. The molecule has 0 fully saturated rings. The Morgan fingerprint density at radius 1 is 1.14 bits per heavy atom. The Kier molecular flexibility index (Phi) is 5.71. The number of benzene rings is 2. The third-order valence-electron chi connectivity index (χ3n) is 2.65. The van der Waals surface area contributed by atoms with Gasteiger partial charge in [0.1, 0.15) is 29.7 Å². The highest BCUT2D eigenvalue weighted by Crippen LogP contribution is 2.18. The van der Waals surface area contributed by atoms with Crippen molar-refractivity contribution in [3.05, 3.63) is 58.6 Å². The minimum absolute atomic E-state index is 0.189. The largest absolute Gasteiger partial charge is 0.492 e. The van der Waals surface area contributed by atoms with E-state index in [1.807, 2.05) is 12.1 Å². The van der Waals surface area contributed by atoms with Crippen LogP contribution in [0.4, 0.5) is 19.3 Å². The SMILES string of the molecule is O=C(NCCOc1cccc(Br)c1)Nc1c(F)cccc1F. The van der Waals surface area contributed by atoms with E-state index < -0.39 is 23.4 Å². The van der Waals surface area contributed by atoms with Crippen LogP contribution in [-0.4, -0.2) is 19.2 Å². The summed E-state index contributed by atoms with van der Waals surface area (Å²) >= 11 is 3.31. The summed E-state index contributed by atoms with van der Waals surface area (Å²) in [6.07, 6.45) is 0. The van der Waals surface area contributed by atoms with Gasteiger partial charge < -0.3 is 15.4 Å². The minimum atomic E-state index is -0.833. The van der Waals surface area contributed by atoms with E-state index in [-0.39, 0.29) is 13.2 Å². The molecule has 2 aromatic rings. The highest BCUT2D eigenvalue weighted by Gasteiger charge is 2.11. The highest BCUT2D eigenvalue weighted by molar-refractivity contribution is 9.10. The van der Waals surface area contributed by atoms with E-state index >= 15 is 0 Å². The molecule has 0 heterocycles. The first-order valence-electron chi connectivity index (χ1n) is 6.43. The summed E-state index contributed by atoms with van der Waals surface area (Å²) in [7, 11) is 0. The predicted molar refractivity (Wildman–Crippen MR) is 83.0 cm³/mol. The van der Waals surface area contributed by atoms with Crippen molar-refractivity contribution < 1.29 is 18.3 Å². The van der Waals surface area contributed by atoms with Crippen LogP contribution in [0.3, 0.4) is 0 Å². The third kappa shape index (κ3) is 4.70. The van der Waals surface area contributed by atoms with Gasteiger partial charge >= 0.3 is 6.03 Å². The molecule has 0 saturated carbocycles. The fourth-order valence-electron chi connectivity index (χ4n) is 1.67. The first-order valence-corrected chi connectivity index (χ1v) is 7.23. The highest BCUT2D eigenvalue weighted by atomic mass is 79.9. The second kappa shape index (κ2) is 7.74. The number of ether oxygens (including phenoxy) is 1. The molecule has 0 bridgehead atoms. The molecule has 2 aromatic carbocycles. The van der Waals surface area contributed by atoms with Crippen LogP contribution in [0.2, 0.25) is 0 Å². The maximum atomic E-state index is 13.3. The van der Waals surface area contributed by atoms with Gasteiger partial charge in [0.2, 0.25) is 0 Å². The average molecular weight is 371 g/mol. The van der Waals surface area contributed by atoms with Crippen LogP contribution in [0.25, 0.3) is 0 Å². The molecule has 2 amide bonds. The number of para-hydroxylation sites is 1. The van der Waals surface area contributed by atoms with E-state index in [0.717, 1.165) is 16.6 Å². The molecule has 0 aliphatic heterocycles. The van der Waals surface area contributed by atoms with Crippen LogP contribution in [0.5, 0.6) is 5.75 Å². The number of halogens is 3. The van der Waals surface area contributed by atoms with Gasteiger partial charge in [-0.15, -0.1) is 0 Å². The van der Waals surface area contributed by atoms with Gasteiger partial charge in [-0.2, -0.15) is 0 Å². The maximum Gasteiger partial charge on any atom is 0.319 e. The third-order valence-corrected chi connectivity index (χ3v) is 3.15. The molecule has 22 heavy (non-hydrogen) atoms. The van der Waals surface area contributed by atoms with E-state index in [9.17, 15) is 13.6 Å². The lowest BCUT2D eigenvalue weighted by Crippen LogP contribution is -2.32. The Balaban J connectivity index is 1.76. The van der Waals surface area contributed by atoms with Crippen molar-refractivity contribution in [3.8, 4) is 5.75 Å². The first-order chi connectivity index (χ1) is 10.6. The Morgan fingerprint density at radius 2 is 1.82 bits per heavy atom. The van der Waals surface area contributed by atoms with Crippen LogP contribution in [0, 0.1) is 11.6 Å². The van der Waals surface area contributed by atoms with Crippen molar-refractivity contribution in [2.45, 2.75) is 0 Å². The number of amides is 2. The molecule has 0 aliphatic rings. The molecular formula is C15H13BrF2N2O2. The number of anilines is 1. The summed E-state index contributed by atoms with van der Waals surface area (Å²) in [6, 6.07) is 9.89. The van der Waals surface area contributed by atoms with Crippen molar-refractivity contribution in [2.75, 3.05) is 18.5 Å². The molecule has 0 aromatic heterocycles. The monoisotopic (exact) mass is 370 g/mol. The van der Waals surface area contributed by atoms with Gasteiger partial charge in [0.25, 0.3) is 0 Å². The molecule has 7 heteroatoms. The fraction of sp³-hybridized carbons (Fsp3) is 0.133. The molecule has 0 saturated heterocycles. The quantitative estimate of drug-likeness (QED) is 0.783. The standard InChI is InChI=1S/C15H13BrF2N2O2/c16-10-3-1-4-11(9-10)22-8-7-19-15(21)20-14-12(17)5-2-6-13(14)18/h1-6,9H,7-8H2,(H2,19,20,21). The maximum absolute atomic E-state index is 13.3. The molecule has 116 valence electrons. The molecule has 0 radical (unpaired) electrons. The van der Waals surface area contributed by atoms with Gasteiger partial charge in [0, 0.05) is 4.47 Å². The van der Waals surface area contributed by atoms with Gasteiger partial charge in [-0.1, -0.05) is 28.1 Å².